The molecule has 0 aromatic heterocycles. The number of ether oxygens (including phenoxy) is 1. The quantitative estimate of drug-likeness (QED) is 0.736. The van der Waals surface area contributed by atoms with E-state index in [1.54, 1.807) is 0 Å². The molecule has 2 aromatic rings. The van der Waals surface area contributed by atoms with Crippen molar-refractivity contribution >= 4 is 6.08 Å². The van der Waals surface area contributed by atoms with Crippen LogP contribution in [-0.2, 0) is 10.3 Å². The first-order chi connectivity index (χ1) is 8.76. The molecular formula is C17H16O. The molecule has 0 saturated carbocycles. The lowest BCUT2D eigenvalue weighted by molar-refractivity contribution is 0.348. The highest BCUT2D eigenvalue weighted by atomic mass is 16.6. The van der Waals surface area contributed by atoms with E-state index in [0.717, 1.165) is 12.2 Å². The highest BCUT2D eigenvalue weighted by Gasteiger charge is 2.49. The molecule has 1 heterocycles. The molecule has 90 valence electrons. The summed E-state index contributed by atoms with van der Waals surface area (Å²) >= 11 is 0. The minimum Gasteiger partial charge on any atom is -0.359 e. The Morgan fingerprint density at radius 3 is 2.50 bits per heavy atom. The van der Waals surface area contributed by atoms with Crippen LogP contribution in [0.4, 0.5) is 0 Å². The van der Waals surface area contributed by atoms with Crippen molar-refractivity contribution in [3.8, 4) is 0 Å². The van der Waals surface area contributed by atoms with Crippen LogP contribution >= 0.6 is 0 Å². The Morgan fingerprint density at radius 2 is 1.89 bits per heavy atom. The zero-order valence-corrected chi connectivity index (χ0v) is 10.5. The lowest BCUT2D eigenvalue weighted by Crippen LogP contribution is -2.12. The third-order valence-electron chi connectivity index (χ3n) is 3.54. The number of aryl methyl sites for hydroxylation is 1. The van der Waals surface area contributed by atoms with Crippen molar-refractivity contribution in [2.75, 3.05) is 6.61 Å². The van der Waals surface area contributed by atoms with Gasteiger partial charge in [-0.3, -0.25) is 0 Å². The minimum atomic E-state index is -0.253. The standard InChI is InChI=1S/C17H16O/c1-3-14-10-9-13(2)11-16(14)17(12-18-17)15-7-5-4-6-8-15/h3-11H,1,12H2,2H3. The second-order valence-electron chi connectivity index (χ2n) is 4.78. The Morgan fingerprint density at radius 1 is 1.17 bits per heavy atom. The van der Waals surface area contributed by atoms with Crippen LogP contribution in [0.15, 0.2) is 55.1 Å². The van der Waals surface area contributed by atoms with Gasteiger partial charge in [-0.15, -0.1) is 0 Å². The maximum absolute atomic E-state index is 5.82. The van der Waals surface area contributed by atoms with Crippen LogP contribution in [0.25, 0.3) is 6.08 Å². The Labute approximate surface area is 108 Å². The molecule has 1 saturated heterocycles. The zero-order chi connectivity index (χ0) is 12.6. The molecule has 0 bridgehead atoms. The van der Waals surface area contributed by atoms with E-state index in [0.29, 0.717) is 0 Å². The average Bonchev–Trinajstić information content (AvgIpc) is 3.21. The molecule has 1 unspecified atom stereocenters. The van der Waals surface area contributed by atoms with Crippen LogP contribution in [0.2, 0.25) is 0 Å². The van der Waals surface area contributed by atoms with Gasteiger partial charge < -0.3 is 4.74 Å². The summed E-state index contributed by atoms with van der Waals surface area (Å²) in [6.45, 7) is 6.76. The maximum atomic E-state index is 5.82. The molecule has 0 amide bonds. The van der Waals surface area contributed by atoms with Gasteiger partial charge in [-0.05, 0) is 23.6 Å². The summed E-state index contributed by atoms with van der Waals surface area (Å²) in [7, 11) is 0. The second-order valence-corrected chi connectivity index (χ2v) is 4.78. The van der Waals surface area contributed by atoms with E-state index in [9.17, 15) is 0 Å². The Bertz CT molecular complexity index is 580. The van der Waals surface area contributed by atoms with Crippen LogP contribution in [0.3, 0.4) is 0 Å². The van der Waals surface area contributed by atoms with Crippen molar-refractivity contribution in [2.24, 2.45) is 0 Å². The monoisotopic (exact) mass is 236 g/mol. The van der Waals surface area contributed by atoms with Crippen LogP contribution < -0.4 is 0 Å². The van der Waals surface area contributed by atoms with Crippen molar-refractivity contribution < 1.29 is 4.74 Å². The number of rotatable bonds is 3. The third kappa shape index (κ3) is 1.68. The summed E-state index contributed by atoms with van der Waals surface area (Å²) in [5, 5.41) is 0. The van der Waals surface area contributed by atoms with Crippen LogP contribution in [0.1, 0.15) is 22.3 Å². The Kier molecular flexibility index (Phi) is 2.57. The fraction of sp³-hybridized carbons (Fsp3) is 0.176. The van der Waals surface area contributed by atoms with E-state index in [-0.39, 0.29) is 5.60 Å². The molecular weight excluding hydrogens is 220 g/mol. The molecule has 1 fully saturated rings. The number of benzene rings is 2. The second kappa shape index (κ2) is 4.11. The lowest BCUT2D eigenvalue weighted by Gasteiger charge is -2.16. The fourth-order valence-electron chi connectivity index (χ4n) is 2.46. The van der Waals surface area contributed by atoms with E-state index in [2.05, 4.69) is 56.0 Å². The average molecular weight is 236 g/mol. The molecule has 0 aliphatic carbocycles. The molecule has 1 aliphatic heterocycles. The lowest BCUT2D eigenvalue weighted by atomic mass is 9.87. The Hall–Kier alpha value is -1.86. The zero-order valence-electron chi connectivity index (χ0n) is 10.5. The topological polar surface area (TPSA) is 12.5 Å². The number of hydrogen-bond acceptors (Lipinski definition) is 1. The van der Waals surface area contributed by atoms with Gasteiger partial charge in [-0.2, -0.15) is 0 Å². The SMILES string of the molecule is C=Cc1ccc(C)cc1C1(c2ccccc2)CO1. The molecule has 1 atom stereocenters. The van der Waals surface area contributed by atoms with Gasteiger partial charge in [0, 0.05) is 0 Å². The van der Waals surface area contributed by atoms with Gasteiger partial charge in [0.05, 0.1) is 6.61 Å². The normalized spacial score (nSPS) is 21.6. The smallest absolute Gasteiger partial charge is 0.142 e. The van der Waals surface area contributed by atoms with Gasteiger partial charge in [0.1, 0.15) is 5.60 Å². The summed E-state index contributed by atoms with van der Waals surface area (Å²) in [5.74, 6) is 0. The van der Waals surface area contributed by atoms with Gasteiger partial charge in [0.15, 0.2) is 0 Å². The van der Waals surface area contributed by atoms with Crippen LogP contribution in [-0.4, -0.2) is 6.61 Å². The third-order valence-corrected chi connectivity index (χ3v) is 3.54. The molecule has 18 heavy (non-hydrogen) atoms. The predicted molar refractivity (Wildman–Crippen MR) is 74.4 cm³/mol. The molecule has 1 aliphatic rings. The van der Waals surface area contributed by atoms with Gasteiger partial charge in [0.25, 0.3) is 0 Å². The van der Waals surface area contributed by atoms with Crippen LogP contribution in [0, 0.1) is 6.92 Å². The van der Waals surface area contributed by atoms with Crippen molar-refractivity contribution in [1.82, 2.24) is 0 Å². The van der Waals surface area contributed by atoms with Crippen LogP contribution in [0.5, 0.6) is 0 Å². The molecule has 3 rings (SSSR count). The van der Waals surface area contributed by atoms with E-state index in [1.165, 1.54) is 16.7 Å². The van der Waals surface area contributed by atoms with Gasteiger partial charge >= 0.3 is 0 Å². The first kappa shape index (κ1) is 11.2. The van der Waals surface area contributed by atoms with Crippen molar-refractivity contribution in [3.05, 3.63) is 77.4 Å². The van der Waals surface area contributed by atoms with Gasteiger partial charge in [-0.1, -0.05) is 66.7 Å². The summed E-state index contributed by atoms with van der Waals surface area (Å²) in [6.07, 6.45) is 1.90. The van der Waals surface area contributed by atoms with E-state index in [4.69, 9.17) is 4.74 Å². The molecule has 0 spiro atoms. The predicted octanol–water partition coefficient (Wildman–Crippen LogP) is 3.91. The summed E-state index contributed by atoms with van der Waals surface area (Å²) in [5.41, 5.74) is 4.60. The van der Waals surface area contributed by atoms with E-state index in [1.807, 2.05) is 12.1 Å². The molecule has 2 aromatic carbocycles. The maximum Gasteiger partial charge on any atom is 0.142 e. The van der Waals surface area contributed by atoms with Gasteiger partial charge in [-0.25, -0.2) is 0 Å². The minimum absolute atomic E-state index is 0.253. The Balaban J connectivity index is 2.15. The van der Waals surface area contributed by atoms with Gasteiger partial charge in [0.2, 0.25) is 0 Å². The van der Waals surface area contributed by atoms with Crippen molar-refractivity contribution in [1.29, 1.82) is 0 Å². The molecule has 1 nitrogen and oxygen atoms in total. The molecule has 1 heteroatoms. The van der Waals surface area contributed by atoms with Crippen molar-refractivity contribution in [3.63, 3.8) is 0 Å². The molecule has 0 radical (unpaired) electrons. The number of hydrogen-bond donors (Lipinski definition) is 0. The first-order valence-corrected chi connectivity index (χ1v) is 6.19. The largest absolute Gasteiger partial charge is 0.359 e. The highest BCUT2D eigenvalue weighted by molar-refractivity contribution is 5.58. The summed E-state index contributed by atoms with van der Waals surface area (Å²) in [4.78, 5) is 0. The molecule has 0 N–H and O–H groups in total. The summed E-state index contributed by atoms with van der Waals surface area (Å²) < 4.78 is 5.82. The number of epoxide rings is 1. The summed E-state index contributed by atoms with van der Waals surface area (Å²) in [6, 6.07) is 16.8. The highest BCUT2D eigenvalue weighted by Crippen LogP contribution is 2.46. The van der Waals surface area contributed by atoms with Crippen molar-refractivity contribution in [2.45, 2.75) is 12.5 Å². The van der Waals surface area contributed by atoms with E-state index < -0.39 is 0 Å². The fourth-order valence-corrected chi connectivity index (χ4v) is 2.46. The van der Waals surface area contributed by atoms with E-state index >= 15 is 0 Å². The first-order valence-electron chi connectivity index (χ1n) is 6.19.